The van der Waals surface area contributed by atoms with E-state index in [2.05, 4.69) is 23.8 Å². The summed E-state index contributed by atoms with van der Waals surface area (Å²) in [6.45, 7) is 4.34. The quantitative estimate of drug-likeness (QED) is 0.784. The van der Waals surface area contributed by atoms with Crippen LogP contribution in [0.2, 0.25) is 0 Å². The number of hydrogen-bond acceptors (Lipinski definition) is 2. The summed E-state index contributed by atoms with van der Waals surface area (Å²) in [4.78, 5) is 7.85. The summed E-state index contributed by atoms with van der Waals surface area (Å²) < 4.78 is 0. The van der Waals surface area contributed by atoms with Crippen molar-refractivity contribution in [1.29, 1.82) is 0 Å². The molecule has 2 rings (SSSR count). The minimum absolute atomic E-state index is 0.0826. The van der Waals surface area contributed by atoms with E-state index in [1.54, 1.807) is 0 Å². The van der Waals surface area contributed by atoms with Crippen LogP contribution in [0.1, 0.15) is 62.9 Å². The fourth-order valence-corrected chi connectivity index (χ4v) is 2.20. The molecule has 15 heavy (non-hydrogen) atoms. The van der Waals surface area contributed by atoms with Gasteiger partial charge in [0.25, 0.3) is 0 Å². The summed E-state index contributed by atoms with van der Waals surface area (Å²) in [5, 5.41) is 9.44. The van der Waals surface area contributed by atoms with Crippen LogP contribution in [0, 0.1) is 0 Å². The summed E-state index contributed by atoms with van der Waals surface area (Å²) in [7, 11) is 0. The van der Waals surface area contributed by atoms with Gasteiger partial charge in [0, 0.05) is 17.8 Å². The van der Waals surface area contributed by atoms with E-state index in [0.717, 1.165) is 31.5 Å². The lowest BCUT2D eigenvalue weighted by molar-refractivity contribution is 0.121. The Labute approximate surface area is 90.9 Å². The van der Waals surface area contributed by atoms with Crippen LogP contribution in [-0.2, 0) is 0 Å². The van der Waals surface area contributed by atoms with Gasteiger partial charge in [-0.2, -0.15) is 0 Å². The van der Waals surface area contributed by atoms with Crippen LogP contribution < -0.4 is 0 Å². The lowest BCUT2D eigenvalue weighted by Crippen LogP contribution is -2.17. The molecule has 0 radical (unpaired) electrons. The van der Waals surface area contributed by atoms with Crippen molar-refractivity contribution in [2.45, 2.75) is 57.5 Å². The van der Waals surface area contributed by atoms with Crippen LogP contribution in [0.25, 0.3) is 0 Å². The Hall–Kier alpha value is -0.830. The van der Waals surface area contributed by atoms with Crippen LogP contribution >= 0.6 is 0 Å². The predicted octanol–water partition coefficient (Wildman–Crippen LogP) is 2.55. The summed E-state index contributed by atoms with van der Waals surface area (Å²) in [5.41, 5.74) is 1.22. The van der Waals surface area contributed by atoms with Gasteiger partial charge in [-0.25, -0.2) is 4.98 Å². The number of nitrogens with zero attached hydrogens (tertiary/aromatic N) is 1. The maximum atomic E-state index is 9.44. The van der Waals surface area contributed by atoms with Crippen LogP contribution in [0.15, 0.2) is 6.20 Å². The zero-order valence-corrected chi connectivity index (χ0v) is 9.53. The fraction of sp³-hybridized carbons (Fsp3) is 0.750. The second-order valence-electron chi connectivity index (χ2n) is 4.88. The molecule has 0 atom stereocenters. The van der Waals surface area contributed by atoms with Crippen molar-refractivity contribution >= 4 is 0 Å². The lowest BCUT2D eigenvalue weighted by atomic mass is 9.87. The van der Waals surface area contributed by atoms with E-state index in [1.165, 1.54) is 5.69 Å². The molecule has 3 heteroatoms. The van der Waals surface area contributed by atoms with E-state index < -0.39 is 0 Å². The Morgan fingerprint density at radius 2 is 2.00 bits per heavy atom. The highest BCUT2D eigenvalue weighted by atomic mass is 16.3. The number of aliphatic hydroxyl groups excluding tert-OH is 1. The second kappa shape index (κ2) is 4.35. The molecular weight excluding hydrogens is 188 g/mol. The van der Waals surface area contributed by atoms with E-state index in [-0.39, 0.29) is 6.10 Å². The maximum absolute atomic E-state index is 9.44. The van der Waals surface area contributed by atoms with Gasteiger partial charge in [-0.1, -0.05) is 13.8 Å². The predicted molar refractivity (Wildman–Crippen MR) is 59.9 cm³/mol. The molecule has 84 valence electrons. The highest BCUT2D eigenvalue weighted by Crippen LogP contribution is 2.31. The number of aromatic amines is 1. The normalized spacial score (nSPS) is 27.2. The average molecular weight is 208 g/mol. The highest BCUT2D eigenvalue weighted by Gasteiger charge is 2.22. The van der Waals surface area contributed by atoms with Gasteiger partial charge >= 0.3 is 0 Å². The molecule has 0 amide bonds. The van der Waals surface area contributed by atoms with Crippen LogP contribution in [-0.4, -0.2) is 21.2 Å². The van der Waals surface area contributed by atoms with Crippen molar-refractivity contribution in [3.63, 3.8) is 0 Å². The van der Waals surface area contributed by atoms with E-state index >= 15 is 0 Å². The Bertz CT molecular complexity index is 311. The number of H-pyrrole nitrogens is 1. The molecular formula is C12H20N2O. The molecule has 0 saturated heterocycles. The monoisotopic (exact) mass is 208 g/mol. The largest absolute Gasteiger partial charge is 0.393 e. The van der Waals surface area contributed by atoms with Gasteiger partial charge in [0.15, 0.2) is 0 Å². The van der Waals surface area contributed by atoms with Crippen LogP contribution in [0.4, 0.5) is 0 Å². The van der Waals surface area contributed by atoms with Gasteiger partial charge < -0.3 is 10.1 Å². The van der Waals surface area contributed by atoms with Crippen LogP contribution in [0.5, 0.6) is 0 Å². The van der Waals surface area contributed by atoms with Crippen molar-refractivity contribution < 1.29 is 5.11 Å². The molecule has 0 unspecified atom stereocenters. The zero-order chi connectivity index (χ0) is 10.8. The molecule has 1 saturated carbocycles. The third-order valence-corrected chi connectivity index (χ3v) is 3.32. The minimum Gasteiger partial charge on any atom is -0.393 e. The number of hydrogen-bond donors (Lipinski definition) is 2. The van der Waals surface area contributed by atoms with Crippen molar-refractivity contribution in [2.24, 2.45) is 0 Å². The second-order valence-corrected chi connectivity index (χ2v) is 4.88. The average Bonchev–Trinajstić information content (AvgIpc) is 2.68. The first-order valence-corrected chi connectivity index (χ1v) is 5.89. The Balaban J connectivity index is 2.03. The smallest absolute Gasteiger partial charge is 0.109 e. The summed E-state index contributed by atoms with van der Waals surface area (Å²) in [6, 6.07) is 0. The zero-order valence-electron chi connectivity index (χ0n) is 9.53. The molecule has 1 aliphatic rings. The molecule has 1 aliphatic carbocycles. The molecule has 0 aliphatic heterocycles. The van der Waals surface area contributed by atoms with E-state index in [0.29, 0.717) is 11.8 Å². The van der Waals surface area contributed by atoms with Crippen LogP contribution in [0.3, 0.4) is 0 Å². The van der Waals surface area contributed by atoms with Gasteiger partial charge in [-0.3, -0.25) is 0 Å². The SMILES string of the molecule is CC(C)c1cnc(C2CCC(O)CC2)[nH]1. The molecule has 3 nitrogen and oxygen atoms in total. The summed E-state index contributed by atoms with van der Waals surface area (Å²) in [5.74, 6) is 2.16. The van der Waals surface area contributed by atoms with Crippen molar-refractivity contribution in [2.75, 3.05) is 0 Å². The van der Waals surface area contributed by atoms with E-state index in [1.807, 2.05) is 6.20 Å². The standard InChI is InChI=1S/C12H20N2O/c1-8(2)11-7-13-12(14-11)9-3-5-10(15)6-4-9/h7-10,15H,3-6H2,1-2H3,(H,13,14). The van der Waals surface area contributed by atoms with Crippen molar-refractivity contribution in [1.82, 2.24) is 9.97 Å². The molecule has 1 aromatic rings. The van der Waals surface area contributed by atoms with Gasteiger partial charge in [0.1, 0.15) is 5.82 Å². The van der Waals surface area contributed by atoms with Gasteiger partial charge in [0.05, 0.1) is 6.10 Å². The number of aromatic nitrogens is 2. The minimum atomic E-state index is -0.0826. The lowest BCUT2D eigenvalue weighted by Gasteiger charge is -2.23. The number of imidazole rings is 1. The van der Waals surface area contributed by atoms with E-state index in [4.69, 9.17) is 0 Å². The van der Waals surface area contributed by atoms with Crippen molar-refractivity contribution in [3.05, 3.63) is 17.7 Å². The Morgan fingerprint density at radius 3 is 2.53 bits per heavy atom. The topological polar surface area (TPSA) is 48.9 Å². The first kappa shape index (κ1) is 10.7. The summed E-state index contributed by atoms with van der Waals surface area (Å²) in [6.07, 6.45) is 5.83. The van der Waals surface area contributed by atoms with Crippen molar-refractivity contribution in [3.8, 4) is 0 Å². The molecule has 0 spiro atoms. The molecule has 0 bridgehead atoms. The number of rotatable bonds is 2. The number of nitrogens with one attached hydrogen (secondary N) is 1. The number of aliphatic hydroxyl groups is 1. The summed E-state index contributed by atoms with van der Waals surface area (Å²) >= 11 is 0. The highest BCUT2D eigenvalue weighted by molar-refractivity contribution is 5.09. The third-order valence-electron chi connectivity index (χ3n) is 3.32. The first-order chi connectivity index (χ1) is 7.16. The molecule has 2 N–H and O–H groups in total. The third kappa shape index (κ3) is 2.40. The van der Waals surface area contributed by atoms with E-state index in [9.17, 15) is 5.11 Å². The molecule has 1 fully saturated rings. The Morgan fingerprint density at radius 1 is 1.33 bits per heavy atom. The van der Waals surface area contributed by atoms with Gasteiger partial charge in [-0.15, -0.1) is 0 Å². The van der Waals surface area contributed by atoms with Gasteiger partial charge in [0.2, 0.25) is 0 Å². The Kier molecular flexibility index (Phi) is 3.10. The fourth-order valence-electron chi connectivity index (χ4n) is 2.20. The first-order valence-electron chi connectivity index (χ1n) is 5.89. The molecule has 1 aromatic heterocycles. The van der Waals surface area contributed by atoms with Gasteiger partial charge in [-0.05, 0) is 31.6 Å². The molecule has 1 heterocycles. The molecule has 0 aromatic carbocycles. The maximum Gasteiger partial charge on any atom is 0.109 e.